The maximum atomic E-state index is 14.2. The lowest BCUT2D eigenvalue weighted by atomic mass is 10.1. The van der Waals surface area contributed by atoms with Gasteiger partial charge in [0.05, 0.1) is 86.7 Å². The number of aliphatic hydroxyl groups is 1. The van der Waals surface area contributed by atoms with Crippen molar-refractivity contribution in [1.82, 2.24) is 54.1 Å². The molecule has 2 aromatic carbocycles. The Labute approximate surface area is 398 Å². The third-order valence-electron chi connectivity index (χ3n) is 12.2. The standard InChI is InChI=1S/C22H19F4N7O3.C22H25F3N6O4/c1-12-9-31-14(2-3-29-31)10-30(12)22(35)33(15-4-17(24)20(26)18(25)5-15)32-11-16(6-19(32)34)36-21-27-7-13(23)8-28-21;1-12-10-30-17(3-4-26-30)20(29-11-13(7-18(29)33)21(34)28(2)5-6-32)31(12)22(35)27-14-8-15(23)19(25)16(24)9-14/h2-5,7-8,12,16H,6,9-11H2,1H3;3-4,8-9,12-13,20,32H,5-7,10-11H2,1-2H3,(H,27,35)/t12?,16-;/m0./s1. The zero-order valence-corrected chi connectivity index (χ0v) is 37.9. The number of hydrazine groups is 1. The third-order valence-corrected chi connectivity index (χ3v) is 12.2. The van der Waals surface area contributed by atoms with Gasteiger partial charge in [0.1, 0.15) is 6.10 Å². The Bertz CT molecular complexity index is 2810. The van der Waals surface area contributed by atoms with E-state index in [0.717, 1.165) is 28.1 Å². The summed E-state index contributed by atoms with van der Waals surface area (Å²) in [6.07, 6.45) is 2.80. The molecule has 2 fully saturated rings. The van der Waals surface area contributed by atoms with Gasteiger partial charge in [0.15, 0.2) is 46.9 Å². The number of hydrogen-bond acceptors (Lipinski definition) is 11. The van der Waals surface area contributed by atoms with Crippen LogP contribution >= 0.6 is 0 Å². The Morgan fingerprint density at radius 2 is 1.42 bits per heavy atom. The fourth-order valence-electron chi connectivity index (χ4n) is 8.75. The molecule has 0 bridgehead atoms. The van der Waals surface area contributed by atoms with E-state index in [4.69, 9.17) is 9.84 Å². The number of benzene rings is 2. The minimum atomic E-state index is -1.70. The fourth-order valence-corrected chi connectivity index (χ4v) is 8.75. The smallest absolute Gasteiger partial charge is 0.344 e. The number of carbonyl (C=O) groups is 5. The molecule has 376 valence electrons. The number of ether oxygens (including phenoxy) is 1. The van der Waals surface area contributed by atoms with E-state index in [-0.39, 0.29) is 80.9 Å². The summed E-state index contributed by atoms with van der Waals surface area (Å²) in [6, 6.07) is 3.38. The molecular weight excluding hydrogens is 956 g/mol. The molecule has 2 N–H and O–H groups in total. The average molecular weight is 1000 g/mol. The van der Waals surface area contributed by atoms with Crippen LogP contribution in [0, 0.1) is 46.6 Å². The number of rotatable bonds is 9. The molecule has 0 saturated carbocycles. The number of hydrogen-bond donors (Lipinski definition) is 2. The van der Waals surface area contributed by atoms with E-state index in [9.17, 15) is 54.7 Å². The summed E-state index contributed by atoms with van der Waals surface area (Å²) in [5.74, 6) is -11.9. The van der Waals surface area contributed by atoms with Crippen LogP contribution in [0.1, 0.15) is 44.2 Å². The number of fused-ring (bicyclic) bond motifs is 2. The lowest BCUT2D eigenvalue weighted by Gasteiger charge is -2.44. The second-order valence-electron chi connectivity index (χ2n) is 17.1. The number of halogens is 7. The normalized spacial score (nSPS) is 20.6. The number of carbonyl (C=O) groups excluding carboxylic acids is 5. The summed E-state index contributed by atoms with van der Waals surface area (Å²) >= 11 is 0. The Kier molecular flexibility index (Phi) is 14.1. The maximum Gasteiger partial charge on any atom is 0.344 e. The zero-order valence-electron chi connectivity index (χ0n) is 37.9. The summed E-state index contributed by atoms with van der Waals surface area (Å²) in [7, 11) is 1.53. The van der Waals surface area contributed by atoms with Crippen LogP contribution in [0.4, 0.5) is 51.7 Å². The molecule has 9 rings (SSSR count). The Morgan fingerprint density at radius 1 is 0.803 bits per heavy atom. The molecule has 3 aromatic heterocycles. The number of likely N-dealkylation sites (N-methyl/N-ethyl adjacent to an activating group) is 1. The number of anilines is 2. The van der Waals surface area contributed by atoms with Crippen LogP contribution in [0.3, 0.4) is 0 Å². The van der Waals surface area contributed by atoms with Crippen molar-refractivity contribution < 1.29 is 64.5 Å². The van der Waals surface area contributed by atoms with Crippen molar-refractivity contribution in [2.24, 2.45) is 5.92 Å². The topological polar surface area (TPSA) is 208 Å². The number of aromatic nitrogens is 6. The largest absolute Gasteiger partial charge is 0.458 e. The second-order valence-corrected chi connectivity index (χ2v) is 17.1. The lowest BCUT2D eigenvalue weighted by molar-refractivity contribution is -0.135. The van der Waals surface area contributed by atoms with E-state index in [2.05, 4.69) is 25.5 Å². The number of urea groups is 2. The quantitative estimate of drug-likeness (QED) is 0.158. The van der Waals surface area contributed by atoms with Gasteiger partial charge in [0, 0.05) is 68.9 Å². The fraction of sp³-hybridized carbons (Fsp3) is 0.386. The van der Waals surface area contributed by atoms with Crippen LogP contribution in [0.25, 0.3) is 0 Å². The summed E-state index contributed by atoms with van der Waals surface area (Å²) in [4.78, 5) is 78.7. The molecule has 4 aliphatic rings. The first-order chi connectivity index (χ1) is 33.8. The maximum absolute atomic E-state index is 14.2. The number of aliphatic hydroxyl groups excluding tert-OH is 1. The Balaban J connectivity index is 0.000000191. The Hall–Kier alpha value is -7.84. The molecule has 5 aromatic rings. The van der Waals surface area contributed by atoms with Crippen molar-refractivity contribution in [3.05, 3.63) is 113 Å². The lowest BCUT2D eigenvalue weighted by Crippen LogP contribution is -2.57. The Morgan fingerprint density at radius 3 is 2.08 bits per heavy atom. The van der Waals surface area contributed by atoms with E-state index in [1.807, 2.05) is 0 Å². The van der Waals surface area contributed by atoms with Gasteiger partial charge in [0.25, 0.3) is 0 Å². The van der Waals surface area contributed by atoms with Gasteiger partial charge in [-0.1, -0.05) is 0 Å². The molecule has 0 radical (unpaired) electrons. The summed E-state index contributed by atoms with van der Waals surface area (Å²) in [5.41, 5.74) is 0.581. The highest BCUT2D eigenvalue weighted by Crippen LogP contribution is 2.37. The van der Waals surface area contributed by atoms with Gasteiger partial charge < -0.3 is 29.9 Å². The van der Waals surface area contributed by atoms with Gasteiger partial charge in [0.2, 0.25) is 17.7 Å². The first-order valence-electron chi connectivity index (χ1n) is 21.9. The number of nitrogens with zero attached hydrogens (tertiary/aromatic N) is 12. The van der Waals surface area contributed by atoms with Crippen molar-refractivity contribution in [2.45, 2.75) is 70.7 Å². The molecule has 2 saturated heterocycles. The van der Waals surface area contributed by atoms with Crippen LogP contribution in [0.2, 0.25) is 0 Å². The van der Waals surface area contributed by atoms with Crippen LogP contribution in [0.15, 0.2) is 61.2 Å². The predicted octanol–water partition coefficient (Wildman–Crippen LogP) is 4.19. The first kappa shape index (κ1) is 49.6. The molecule has 0 spiro atoms. The van der Waals surface area contributed by atoms with E-state index in [1.54, 1.807) is 41.5 Å². The molecule has 4 aliphatic heterocycles. The first-order valence-corrected chi connectivity index (χ1v) is 21.9. The number of amides is 7. The highest BCUT2D eigenvalue weighted by molar-refractivity contribution is 5.96. The molecule has 5 atom stereocenters. The molecule has 20 nitrogen and oxygen atoms in total. The summed E-state index contributed by atoms with van der Waals surface area (Å²) in [6.45, 7) is 3.97. The molecule has 7 amide bonds. The SMILES string of the molecule is CC1Cn2nccc2C(N2CC(C(=O)N(C)CCO)CC2=O)N1C(=O)Nc1cc(F)c(F)c(F)c1.CC1Cn2nccc2CN1C(=O)N(c1cc(F)c(F)c(F)c1)N1C[C@@H](Oc2ncc(F)cn2)CC1=O. The average Bonchev–Trinajstić information content (AvgIpc) is 4.15. The van der Waals surface area contributed by atoms with Crippen molar-refractivity contribution in [2.75, 3.05) is 43.6 Å². The van der Waals surface area contributed by atoms with Crippen molar-refractivity contribution >= 4 is 41.2 Å². The van der Waals surface area contributed by atoms with Crippen LogP contribution < -0.4 is 15.1 Å². The van der Waals surface area contributed by atoms with Crippen molar-refractivity contribution in [3.63, 3.8) is 0 Å². The third kappa shape index (κ3) is 10.1. The van der Waals surface area contributed by atoms with Gasteiger partial charge >= 0.3 is 18.1 Å². The van der Waals surface area contributed by atoms with E-state index >= 15 is 0 Å². The van der Waals surface area contributed by atoms with Gasteiger partial charge in [-0.15, -0.1) is 0 Å². The molecule has 71 heavy (non-hydrogen) atoms. The molecule has 7 heterocycles. The predicted molar refractivity (Wildman–Crippen MR) is 230 cm³/mol. The molecule has 27 heteroatoms. The van der Waals surface area contributed by atoms with Gasteiger partial charge in [-0.25, -0.2) is 55.3 Å². The van der Waals surface area contributed by atoms with E-state index < -0.39 is 82.9 Å². The zero-order chi connectivity index (χ0) is 51.0. The molecule has 4 unspecified atom stereocenters. The summed E-state index contributed by atoms with van der Waals surface area (Å²) in [5, 5.41) is 21.7. The highest BCUT2D eigenvalue weighted by Gasteiger charge is 2.47. The van der Waals surface area contributed by atoms with Crippen molar-refractivity contribution in [1.29, 1.82) is 0 Å². The van der Waals surface area contributed by atoms with Gasteiger partial charge in [-0.05, 0) is 26.0 Å². The van der Waals surface area contributed by atoms with Gasteiger partial charge in [-0.3, -0.25) is 28.6 Å². The number of likely N-dealkylation sites (tertiary alicyclic amines) is 1. The second kappa shape index (κ2) is 20.2. The molecule has 0 aliphatic carbocycles. The van der Waals surface area contributed by atoms with E-state index in [0.29, 0.717) is 43.0 Å². The van der Waals surface area contributed by atoms with Gasteiger partial charge in [-0.2, -0.15) is 15.2 Å². The summed E-state index contributed by atoms with van der Waals surface area (Å²) < 4.78 is 105. The number of nitrogens with one attached hydrogen (secondary N) is 1. The minimum absolute atomic E-state index is 0.0274. The van der Waals surface area contributed by atoms with Crippen molar-refractivity contribution in [3.8, 4) is 6.01 Å². The molecular formula is C44H44F7N13O7. The van der Waals surface area contributed by atoms with Crippen LogP contribution in [-0.4, -0.2) is 141 Å². The van der Waals surface area contributed by atoms with Crippen LogP contribution in [0.5, 0.6) is 6.01 Å². The van der Waals surface area contributed by atoms with Crippen LogP contribution in [-0.2, 0) is 34.0 Å². The highest BCUT2D eigenvalue weighted by atomic mass is 19.2. The minimum Gasteiger partial charge on any atom is -0.458 e. The monoisotopic (exact) mass is 999 g/mol. The van der Waals surface area contributed by atoms with E-state index in [1.165, 1.54) is 32.8 Å².